The van der Waals surface area contributed by atoms with Crippen molar-refractivity contribution in [2.24, 2.45) is 0 Å². The molecule has 0 spiro atoms. The predicted octanol–water partition coefficient (Wildman–Crippen LogP) is 3.20. The van der Waals surface area contributed by atoms with Crippen molar-refractivity contribution in [2.45, 2.75) is 39.0 Å². The van der Waals surface area contributed by atoms with Crippen molar-refractivity contribution in [1.82, 2.24) is 4.98 Å². The van der Waals surface area contributed by atoms with Gasteiger partial charge in [-0.05, 0) is 36.8 Å². The predicted molar refractivity (Wildman–Crippen MR) is 64.4 cm³/mol. The molecule has 1 aromatic rings. The lowest BCUT2D eigenvalue weighted by atomic mass is 10.0. The molecule has 0 radical (unpaired) electrons. The lowest BCUT2D eigenvalue weighted by Gasteiger charge is -2.30. The minimum absolute atomic E-state index is 0.565. The molecule has 1 aromatic heterocycles. The molecule has 82 valence electrons. The number of pyridine rings is 1. The molecule has 0 unspecified atom stereocenters. The van der Waals surface area contributed by atoms with Gasteiger partial charge in [-0.3, -0.25) is 0 Å². The van der Waals surface area contributed by atoms with E-state index in [4.69, 9.17) is 0 Å². The number of piperidine rings is 1. The summed E-state index contributed by atoms with van der Waals surface area (Å²) >= 11 is 0. The second-order valence-electron chi connectivity index (χ2n) is 4.62. The fraction of sp³-hybridized carbons (Fsp3) is 0.615. The highest BCUT2D eigenvalue weighted by Crippen LogP contribution is 2.26. The minimum atomic E-state index is 0.565. The monoisotopic (exact) mass is 204 g/mol. The van der Waals surface area contributed by atoms with E-state index >= 15 is 0 Å². The molecule has 0 aromatic carbocycles. The SMILES string of the molecule is CC(C)c1cccnc1N1CCCCC1. The third-order valence-corrected chi connectivity index (χ3v) is 3.09. The first kappa shape index (κ1) is 10.5. The molecule has 0 atom stereocenters. The Balaban J connectivity index is 2.25. The van der Waals surface area contributed by atoms with Crippen molar-refractivity contribution in [3.63, 3.8) is 0 Å². The van der Waals surface area contributed by atoms with Crippen molar-refractivity contribution >= 4 is 5.82 Å². The number of hydrogen-bond acceptors (Lipinski definition) is 2. The van der Waals surface area contributed by atoms with Crippen LogP contribution in [0.3, 0.4) is 0 Å². The Kier molecular flexibility index (Phi) is 3.24. The Morgan fingerprint density at radius 1 is 1.20 bits per heavy atom. The summed E-state index contributed by atoms with van der Waals surface area (Å²) in [4.78, 5) is 6.99. The van der Waals surface area contributed by atoms with E-state index in [9.17, 15) is 0 Å². The molecule has 2 heteroatoms. The Bertz CT molecular complexity index is 314. The smallest absolute Gasteiger partial charge is 0.131 e. The summed E-state index contributed by atoms with van der Waals surface area (Å²) in [6.07, 6.45) is 5.92. The molecular formula is C13H20N2. The van der Waals surface area contributed by atoms with Crippen molar-refractivity contribution in [3.05, 3.63) is 23.9 Å². The standard InChI is InChI=1S/C13H20N2/c1-11(2)12-7-6-8-14-13(12)15-9-4-3-5-10-15/h6-8,11H,3-5,9-10H2,1-2H3. The average molecular weight is 204 g/mol. The fourth-order valence-corrected chi connectivity index (χ4v) is 2.23. The molecule has 1 aliphatic rings. The Morgan fingerprint density at radius 2 is 1.93 bits per heavy atom. The number of nitrogens with zero attached hydrogens (tertiary/aromatic N) is 2. The molecule has 15 heavy (non-hydrogen) atoms. The van der Waals surface area contributed by atoms with E-state index in [2.05, 4.69) is 29.8 Å². The van der Waals surface area contributed by atoms with E-state index in [-0.39, 0.29) is 0 Å². The summed E-state index contributed by atoms with van der Waals surface area (Å²) in [7, 11) is 0. The van der Waals surface area contributed by atoms with Gasteiger partial charge in [-0.25, -0.2) is 4.98 Å². The van der Waals surface area contributed by atoms with Gasteiger partial charge in [-0.15, -0.1) is 0 Å². The van der Waals surface area contributed by atoms with Crippen molar-refractivity contribution in [2.75, 3.05) is 18.0 Å². The van der Waals surface area contributed by atoms with E-state index in [0.717, 1.165) is 0 Å². The average Bonchev–Trinajstić information content (AvgIpc) is 2.30. The fourth-order valence-electron chi connectivity index (χ4n) is 2.23. The zero-order valence-electron chi connectivity index (χ0n) is 9.74. The second kappa shape index (κ2) is 4.65. The summed E-state index contributed by atoms with van der Waals surface area (Å²) in [6.45, 7) is 6.84. The first-order valence-electron chi connectivity index (χ1n) is 5.99. The van der Waals surface area contributed by atoms with Gasteiger partial charge in [-0.2, -0.15) is 0 Å². The van der Waals surface area contributed by atoms with Crippen LogP contribution in [-0.2, 0) is 0 Å². The molecule has 1 aliphatic heterocycles. The molecule has 2 nitrogen and oxygen atoms in total. The Morgan fingerprint density at radius 3 is 2.60 bits per heavy atom. The largest absolute Gasteiger partial charge is 0.356 e. The maximum absolute atomic E-state index is 4.55. The van der Waals surface area contributed by atoms with Crippen LogP contribution in [0.25, 0.3) is 0 Å². The van der Waals surface area contributed by atoms with Gasteiger partial charge in [0.15, 0.2) is 0 Å². The van der Waals surface area contributed by atoms with Crippen LogP contribution in [-0.4, -0.2) is 18.1 Å². The first-order chi connectivity index (χ1) is 7.29. The highest BCUT2D eigenvalue weighted by Gasteiger charge is 2.16. The molecule has 0 amide bonds. The van der Waals surface area contributed by atoms with Crippen LogP contribution in [0.4, 0.5) is 5.82 Å². The summed E-state index contributed by atoms with van der Waals surface area (Å²) in [5.74, 6) is 1.78. The zero-order valence-corrected chi connectivity index (χ0v) is 9.74. The third kappa shape index (κ3) is 2.31. The number of anilines is 1. The maximum atomic E-state index is 4.55. The van der Waals surface area contributed by atoms with Crippen LogP contribution in [0, 0.1) is 0 Å². The molecule has 1 saturated heterocycles. The van der Waals surface area contributed by atoms with Gasteiger partial charge in [0.1, 0.15) is 5.82 Å². The van der Waals surface area contributed by atoms with Gasteiger partial charge in [0.05, 0.1) is 0 Å². The number of hydrogen-bond donors (Lipinski definition) is 0. The molecule has 2 rings (SSSR count). The van der Waals surface area contributed by atoms with Crippen molar-refractivity contribution in [3.8, 4) is 0 Å². The first-order valence-corrected chi connectivity index (χ1v) is 5.99. The van der Waals surface area contributed by atoms with Crippen LogP contribution in [0.15, 0.2) is 18.3 Å². The van der Waals surface area contributed by atoms with Crippen LogP contribution in [0.2, 0.25) is 0 Å². The number of rotatable bonds is 2. The van der Waals surface area contributed by atoms with Crippen LogP contribution < -0.4 is 4.90 Å². The van der Waals surface area contributed by atoms with Crippen LogP contribution in [0.5, 0.6) is 0 Å². The van der Waals surface area contributed by atoms with Gasteiger partial charge < -0.3 is 4.90 Å². The van der Waals surface area contributed by atoms with Crippen molar-refractivity contribution in [1.29, 1.82) is 0 Å². The third-order valence-electron chi connectivity index (χ3n) is 3.09. The van der Waals surface area contributed by atoms with Crippen LogP contribution in [0.1, 0.15) is 44.6 Å². The van der Waals surface area contributed by atoms with E-state index in [0.29, 0.717) is 5.92 Å². The number of aromatic nitrogens is 1. The summed E-state index contributed by atoms with van der Waals surface area (Å²) in [6, 6.07) is 4.25. The minimum Gasteiger partial charge on any atom is -0.356 e. The Hall–Kier alpha value is -1.05. The molecule has 0 aliphatic carbocycles. The van der Waals surface area contributed by atoms with E-state index in [1.165, 1.54) is 43.7 Å². The molecule has 1 fully saturated rings. The van der Waals surface area contributed by atoms with Gasteiger partial charge in [0.25, 0.3) is 0 Å². The maximum Gasteiger partial charge on any atom is 0.131 e. The lowest BCUT2D eigenvalue weighted by Crippen LogP contribution is -2.31. The molecule has 0 bridgehead atoms. The van der Waals surface area contributed by atoms with Gasteiger partial charge >= 0.3 is 0 Å². The topological polar surface area (TPSA) is 16.1 Å². The van der Waals surface area contributed by atoms with Gasteiger partial charge in [0.2, 0.25) is 0 Å². The van der Waals surface area contributed by atoms with Gasteiger partial charge in [0, 0.05) is 19.3 Å². The molecule has 2 heterocycles. The quantitative estimate of drug-likeness (QED) is 0.735. The van der Waals surface area contributed by atoms with Crippen LogP contribution >= 0.6 is 0 Å². The van der Waals surface area contributed by atoms with Gasteiger partial charge in [-0.1, -0.05) is 19.9 Å². The second-order valence-corrected chi connectivity index (χ2v) is 4.62. The summed E-state index contributed by atoms with van der Waals surface area (Å²) < 4.78 is 0. The summed E-state index contributed by atoms with van der Waals surface area (Å²) in [5.41, 5.74) is 1.39. The van der Waals surface area contributed by atoms with Crippen molar-refractivity contribution < 1.29 is 0 Å². The Labute approximate surface area is 92.3 Å². The van der Waals surface area contributed by atoms with E-state index in [1.54, 1.807) is 0 Å². The lowest BCUT2D eigenvalue weighted by molar-refractivity contribution is 0.570. The van der Waals surface area contributed by atoms with E-state index in [1.807, 2.05) is 12.3 Å². The molecule has 0 N–H and O–H groups in total. The zero-order chi connectivity index (χ0) is 10.7. The summed E-state index contributed by atoms with van der Waals surface area (Å²) in [5, 5.41) is 0. The molecule has 0 saturated carbocycles. The molecular weight excluding hydrogens is 184 g/mol. The normalized spacial score (nSPS) is 17.1. The van der Waals surface area contributed by atoms with E-state index < -0.39 is 0 Å². The highest BCUT2D eigenvalue weighted by molar-refractivity contribution is 5.48. The highest BCUT2D eigenvalue weighted by atomic mass is 15.2.